The molecule has 20 heavy (non-hydrogen) atoms. The smallest absolute Gasteiger partial charge is 0.323 e. The van der Waals surface area contributed by atoms with Crippen LogP contribution in [0.5, 0.6) is 0 Å². The normalized spacial score (nSPS) is 20.1. The molecule has 2 nitrogen and oxygen atoms in total. The monoisotopic (exact) mass is 286 g/mol. The summed E-state index contributed by atoms with van der Waals surface area (Å²) in [5.41, 5.74) is 8.39. The van der Waals surface area contributed by atoms with Gasteiger partial charge < -0.3 is 10.6 Å². The first-order valence-electron chi connectivity index (χ1n) is 6.98. The molecule has 0 aliphatic carbocycles. The molecule has 0 amide bonds. The number of benzene rings is 1. The third kappa shape index (κ3) is 3.73. The highest BCUT2D eigenvalue weighted by atomic mass is 19.4. The molecule has 1 atom stereocenters. The van der Waals surface area contributed by atoms with Crippen molar-refractivity contribution in [2.75, 3.05) is 19.6 Å². The highest BCUT2D eigenvalue weighted by Crippen LogP contribution is 2.34. The zero-order valence-electron chi connectivity index (χ0n) is 11.7. The minimum atomic E-state index is -4.05. The molecule has 0 aromatic heterocycles. The number of piperidine rings is 1. The van der Waals surface area contributed by atoms with Crippen LogP contribution in [0.3, 0.4) is 0 Å². The Bertz CT molecular complexity index is 437. The number of alkyl halides is 3. The van der Waals surface area contributed by atoms with Crippen molar-refractivity contribution in [1.29, 1.82) is 0 Å². The maximum atomic E-state index is 12.6. The van der Waals surface area contributed by atoms with E-state index in [-0.39, 0.29) is 18.9 Å². The summed E-state index contributed by atoms with van der Waals surface area (Å²) in [6.45, 7) is 3.58. The second kappa shape index (κ2) is 6.14. The summed E-state index contributed by atoms with van der Waals surface area (Å²) in [6.07, 6.45) is -3.68. The number of likely N-dealkylation sites (tertiary alicyclic amines) is 1. The lowest BCUT2D eigenvalue weighted by Crippen LogP contribution is -2.42. The van der Waals surface area contributed by atoms with Gasteiger partial charge in [-0.1, -0.05) is 24.3 Å². The van der Waals surface area contributed by atoms with E-state index in [9.17, 15) is 13.2 Å². The number of rotatable bonds is 3. The number of aryl methyl sites for hydroxylation is 1. The first kappa shape index (κ1) is 15.3. The Morgan fingerprint density at radius 2 is 1.85 bits per heavy atom. The Balaban J connectivity index is 1.88. The zero-order chi connectivity index (χ0) is 14.8. The zero-order valence-corrected chi connectivity index (χ0v) is 11.7. The molecule has 1 aromatic carbocycles. The molecule has 1 aliphatic rings. The number of hydrogen-bond acceptors (Lipinski definition) is 2. The lowest BCUT2D eigenvalue weighted by Gasteiger charge is -2.34. The van der Waals surface area contributed by atoms with Crippen molar-refractivity contribution < 1.29 is 13.2 Å². The quantitative estimate of drug-likeness (QED) is 0.924. The third-order valence-corrected chi connectivity index (χ3v) is 4.09. The molecule has 5 heteroatoms. The predicted molar refractivity (Wildman–Crippen MR) is 73.3 cm³/mol. The van der Waals surface area contributed by atoms with Crippen LogP contribution in [0.4, 0.5) is 13.2 Å². The van der Waals surface area contributed by atoms with Crippen LogP contribution < -0.4 is 5.73 Å². The van der Waals surface area contributed by atoms with Gasteiger partial charge in [-0.25, -0.2) is 0 Å². The van der Waals surface area contributed by atoms with Crippen molar-refractivity contribution in [2.45, 2.75) is 32.0 Å². The van der Waals surface area contributed by atoms with Crippen molar-refractivity contribution in [3.63, 3.8) is 0 Å². The van der Waals surface area contributed by atoms with Crippen molar-refractivity contribution in [2.24, 2.45) is 11.7 Å². The topological polar surface area (TPSA) is 29.3 Å². The van der Waals surface area contributed by atoms with E-state index < -0.39 is 12.1 Å². The first-order valence-corrected chi connectivity index (χ1v) is 6.98. The van der Waals surface area contributed by atoms with Gasteiger partial charge >= 0.3 is 6.18 Å². The van der Waals surface area contributed by atoms with Gasteiger partial charge in [0.05, 0.1) is 5.92 Å². The fourth-order valence-corrected chi connectivity index (χ4v) is 2.82. The Morgan fingerprint density at radius 1 is 1.25 bits per heavy atom. The maximum Gasteiger partial charge on any atom is 0.391 e. The Labute approximate surface area is 117 Å². The molecule has 0 radical (unpaired) electrons. The van der Waals surface area contributed by atoms with Crippen LogP contribution in [-0.2, 0) is 0 Å². The van der Waals surface area contributed by atoms with E-state index in [0.29, 0.717) is 19.6 Å². The van der Waals surface area contributed by atoms with E-state index >= 15 is 0 Å². The highest BCUT2D eigenvalue weighted by Gasteiger charge is 2.41. The van der Waals surface area contributed by atoms with E-state index in [4.69, 9.17) is 5.73 Å². The Kier molecular flexibility index (Phi) is 4.70. The molecule has 112 valence electrons. The highest BCUT2D eigenvalue weighted by molar-refractivity contribution is 5.28. The molecule has 0 bridgehead atoms. The van der Waals surface area contributed by atoms with Gasteiger partial charge in [0.15, 0.2) is 0 Å². The standard InChI is InChI=1S/C15H21F3N2/c1-11-4-2-3-5-13(11)14(19)10-20-8-6-12(7-9-20)15(16,17)18/h2-5,12,14H,6-10,19H2,1H3. The van der Waals surface area contributed by atoms with Crippen LogP contribution in [0.1, 0.15) is 30.0 Å². The van der Waals surface area contributed by atoms with Crippen LogP contribution in [0, 0.1) is 12.8 Å². The van der Waals surface area contributed by atoms with Crippen LogP contribution in [-0.4, -0.2) is 30.7 Å². The predicted octanol–water partition coefficient (Wildman–Crippen LogP) is 3.27. The SMILES string of the molecule is Cc1ccccc1C(N)CN1CCC(C(F)(F)F)CC1. The van der Waals surface area contributed by atoms with Gasteiger partial charge in [0.25, 0.3) is 0 Å². The van der Waals surface area contributed by atoms with E-state index in [1.807, 2.05) is 36.1 Å². The first-order chi connectivity index (χ1) is 9.38. The minimum Gasteiger partial charge on any atom is -0.323 e. The third-order valence-electron chi connectivity index (χ3n) is 4.09. The molecule has 0 spiro atoms. The van der Waals surface area contributed by atoms with Gasteiger partial charge in [-0.15, -0.1) is 0 Å². The van der Waals surface area contributed by atoms with E-state index in [1.165, 1.54) is 0 Å². The summed E-state index contributed by atoms with van der Waals surface area (Å²) in [5.74, 6) is -1.14. The second-order valence-electron chi connectivity index (χ2n) is 5.58. The summed E-state index contributed by atoms with van der Waals surface area (Å²) in [7, 11) is 0. The Morgan fingerprint density at radius 3 is 2.40 bits per heavy atom. The minimum absolute atomic E-state index is 0.140. The summed E-state index contributed by atoms with van der Waals surface area (Å²) in [4.78, 5) is 2.04. The number of nitrogens with zero attached hydrogens (tertiary/aromatic N) is 1. The van der Waals surface area contributed by atoms with Crippen LogP contribution in [0.2, 0.25) is 0 Å². The lowest BCUT2D eigenvalue weighted by atomic mass is 9.95. The van der Waals surface area contributed by atoms with E-state index in [0.717, 1.165) is 11.1 Å². The van der Waals surface area contributed by atoms with Gasteiger partial charge in [0, 0.05) is 12.6 Å². The van der Waals surface area contributed by atoms with Crippen molar-refractivity contribution in [3.8, 4) is 0 Å². The number of halogens is 3. The van der Waals surface area contributed by atoms with Crippen molar-refractivity contribution >= 4 is 0 Å². The average Bonchev–Trinajstić information content (AvgIpc) is 2.38. The van der Waals surface area contributed by atoms with Crippen LogP contribution in [0.15, 0.2) is 24.3 Å². The van der Waals surface area contributed by atoms with Gasteiger partial charge in [-0.3, -0.25) is 0 Å². The molecule has 1 aromatic rings. The second-order valence-corrected chi connectivity index (χ2v) is 5.58. The van der Waals surface area contributed by atoms with Gasteiger partial charge in [-0.2, -0.15) is 13.2 Å². The van der Waals surface area contributed by atoms with Crippen LogP contribution in [0.25, 0.3) is 0 Å². The lowest BCUT2D eigenvalue weighted by molar-refractivity contribution is -0.185. The molecular formula is C15H21F3N2. The van der Waals surface area contributed by atoms with Crippen molar-refractivity contribution in [1.82, 2.24) is 4.90 Å². The maximum absolute atomic E-state index is 12.6. The average molecular weight is 286 g/mol. The summed E-state index contributed by atoms with van der Waals surface area (Å²) in [5, 5.41) is 0. The van der Waals surface area contributed by atoms with Gasteiger partial charge in [0.1, 0.15) is 0 Å². The molecule has 2 N–H and O–H groups in total. The summed E-state index contributed by atoms with van der Waals surface area (Å²) < 4.78 is 37.8. The molecular weight excluding hydrogens is 265 g/mol. The summed E-state index contributed by atoms with van der Waals surface area (Å²) >= 11 is 0. The number of nitrogens with two attached hydrogens (primary N) is 1. The van der Waals surface area contributed by atoms with E-state index in [1.54, 1.807) is 0 Å². The molecule has 1 fully saturated rings. The Hall–Kier alpha value is -1.07. The fraction of sp³-hybridized carbons (Fsp3) is 0.600. The fourth-order valence-electron chi connectivity index (χ4n) is 2.82. The molecule has 1 heterocycles. The largest absolute Gasteiger partial charge is 0.391 e. The molecule has 1 aliphatic heterocycles. The number of hydrogen-bond donors (Lipinski definition) is 1. The van der Waals surface area contributed by atoms with Gasteiger partial charge in [-0.05, 0) is 44.0 Å². The van der Waals surface area contributed by atoms with Gasteiger partial charge in [0.2, 0.25) is 0 Å². The van der Waals surface area contributed by atoms with E-state index in [2.05, 4.69) is 0 Å². The molecule has 2 rings (SSSR count). The molecule has 1 saturated heterocycles. The van der Waals surface area contributed by atoms with Crippen LogP contribution >= 0.6 is 0 Å². The molecule has 0 saturated carbocycles. The van der Waals surface area contributed by atoms with Crippen molar-refractivity contribution in [3.05, 3.63) is 35.4 Å². The summed E-state index contributed by atoms with van der Waals surface area (Å²) in [6, 6.07) is 7.75. The molecule has 1 unspecified atom stereocenters.